The molecule has 4 heterocycles. The molecular weight excluding hydrogens is 607 g/mol. The summed E-state index contributed by atoms with van der Waals surface area (Å²) in [6, 6.07) is 12.0. The number of nitrogens with two attached hydrogens (primary N) is 1. The van der Waals surface area contributed by atoms with E-state index in [1.54, 1.807) is 26.1 Å². The molecule has 0 aliphatic carbocycles. The first-order chi connectivity index (χ1) is 22.2. The van der Waals surface area contributed by atoms with E-state index in [0.717, 1.165) is 5.56 Å². The molecule has 0 fully saturated rings. The molecule has 2 aromatic carbocycles. The summed E-state index contributed by atoms with van der Waals surface area (Å²) in [6.45, 7) is 6.27. The fourth-order valence-electron chi connectivity index (χ4n) is 5.33. The molecule has 5 N–H and O–H groups in total. The number of carbonyl (C=O) groups is 3. The van der Waals surface area contributed by atoms with Gasteiger partial charge in [0.05, 0.1) is 29.6 Å². The standard InChI is InChI=1S/C34H31FN6O6/c1-17-9-20-10-21(11-24(26(20)37-13-17)40-30(43)31-38-14-18(2)47-31)29(42)39-15-34(4,45)25-12-23-28(46-16-33(23,3)32(36)44)27(41-25)19-5-7-22(35)8-6-19/h5-14,45H,15-16H2,1-4H3,(H2,36,44)(H,39,42)(H,40,43)/t33-,34-/m0/s1. The van der Waals surface area contributed by atoms with Crippen molar-refractivity contribution in [3.05, 3.63) is 101 Å². The van der Waals surface area contributed by atoms with Gasteiger partial charge >= 0.3 is 5.91 Å². The average molecular weight is 639 g/mol. The predicted octanol–water partition coefficient (Wildman–Crippen LogP) is 4.07. The average Bonchev–Trinajstić information content (AvgIpc) is 3.63. The van der Waals surface area contributed by atoms with Gasteiger partial charge in [-0.2, -0.15) is 0 Å². The largest absolute Gasteiger partial charge is 0.489 e. The highest BCUT2D eigenvalue weighted by Crippen LogP contribution is 2.45. The van der Waals surface area contributed by atoms with E-state index in [2.05, 4.69) is 25.6 Å². The highest BCUT2D eigenvalue weighted by Gasteiger charge is 2.45. The van der Waals surface area contributed by atoms with Gasteiger partial charge in [-0.1, -0.05) is 0 Å². The number of benzene rings is 2. The number of halogens is 1. The van der Waals surface area contributed by atoms with E-state index in [1.165, 1.54) is 49.5 Å². The molecule has 3 amide bonds. The van der Waals surface area contributed by atoms with Crippen LogP contribution < -0.4 is 21.1 Å². The number of pyridine rings is 2. The Bertz CT molecular complexity index is 2080. The molecule has 6 rings (SSSR count). The first-order valence-electron chi connectivity index (χ1n) is 14.6. The molecule has 0 radical (unpaired) electrons. The Balaban J connectivity index is 1.32. The number of rotatable bonds is 8. The van der Waals surface area contributed by atoms with E-state index in [0.29, 0.717) is 33.5 Å². The van der Waals surface area contributed by atoms with Gasteiger partial charge in [0.15, 0.2) is 0 Å². The zero-order chi connectivity index (χ0) is 33.7. The van der Waals surface area contributed by atoms with Crippen LogP contribution in [-0.2, 0) is 15.8 Å². The molecule has 47 heavy (non-hydrogen) atoms. The van der Waals surface area contributed by atoms with Gasteiger partial charge in [0.2, 0.25) is 5.91 Å². The molecule has 0 unspecified atom stereocenters. The fourth-order valence-corrected chi connectivity index (χ4v) is 5.33. The molecule has 5 aromatic rings. The Morgan fingerprint density at radius 1 is 1.06 bits per heavy atom. The number of nitrogens with one attached hydrogen (secondary N) is 2. The molecule has 0 bridgehead atoms. The van der Waals surface area contributed by atoms with Crippen molar-refractivity contribution in [2.75, 3.05) is 18.5 Å². The number of oxazole rings is 1. The molecule has 1 aliphatic heterocycles. The van der Waals surface area contributed by atoms with Crippen LogP contribution in [0.4, 0.5) is 10.1 Å². The third-order valence-electron chi connectivity index (χ3n) is 8.12. The summed E-state index contributed by atoms with van der Waals surface area (Å²) in [5.41, 5.74) is 5.83. The van der Waals surface area contributed by atoms with Crippen LogP contribution in [0.1, 0.15) is 57.5 Å². The first kappa shape index (κ1) is 31.3. The van der Waals surface area contributed by atoms with Crippen LogP contribution >= 0.6 is 0 Å². The Morgan fingerprint density at radius 3 is 2.49 bits per heavy atom. The number of hydrogen-bond donors (Lipinski definition) is 4. The highest BCUT2D eigenvalue weighted by molar-refractivity contribution is 6.09. The van der Waals surface area contributed by atoms with Gasteiger partial charge in [-0.25, -0.2) is 14.4 Å². The second-order valence-corrected chi connectivity index (χ2v) is 12.0. The Labute approximate surface area is 268 Å². The molecule has 0 saturated carbocycles. The lowest BCUT2D eigenvalue weighted by Crippen LogP contribution is -2.41. The number of primary amides is 1. The van der Waals surface area contributed by atoms with Crippen molar-refractivity contribution >= 4 is 34.3 Å². The zero-order valence-corrected chi connectivity index (χ0v) is 26.0. The van der Waals surface area contributed by atoms with Crippen molar-refractivity contribution in [1.82, 2.24) is 20.3 Å². The molecule has 3 aromatic heterocycles. The molecule has 12 nitrogen and oxygen atoms in total. The number of ether oxygens (including phenoxy) is 1. The van der Waals surface area contributed by atoms with Crippen molar-refractivity contribution in [2.24, 2.45) is 5.73 Å². The predicted molar refractivity (Wildman–Crippen MR) is 169 cm³/mol. The minimum absolute atomic E-state index is 0.0410. The van der Waals surface area contributed by atoms with Crippen LogP contribution in [0.2, 0.25) is 0 Å². The van der Waals surface area contributed by atoms with Crippen LogP contribution in [0.25, 0.3) is 22.2 Å². The van der Waals surface area contributed by atoms with Crippen molar-refractivity contribution in [3.63, 3.8) is 0 Å². The van der Waals surface area contributed by atoms with Gasteiger partial charge in [-0.05, 0) is 81.8 Å². The van der Waals surface area contributed by atoms with Gasteiger partial charge in [0.25, 0.3) is 11.8 Å². The summed E-state index contributed by atoms with van der Waals surface area (Å²) in [4.78, 5) is 52.0. The van der Waals surface area contributed by atoms with E-state index >= 15 is 0 Å². The van der Waals surface area contributed by atoms with Crippen molar-refractivity contribution < 1.29 is 33.0 Å². The van der Waals surface area contributed by atoms with Crippen LogP contribution in [0, 0.1) is 19.7 Å². The summed E-state index contributed by atoms with van der Waals surface area (Å²) < 4.78 is 24.9. The SMILES string of the molecule is Cc1cnc2c(NC(=O)c3ncc(C)o3)cc(C(=O)NC[C@](C)(O)c3cc4c(c(-c5ccc(F)cc5)n3)OC[C@]4(C)C(N)=O)cc2c1. The number of aliphatic hydroxyl groups is 1. The quantitative estimate of drug-likeness (QED) is 0.195. The lowest BCUT2D eigenvalue weighted by Gasteiger charge is -2.26. The van der Waals surface area contributed by atoms with E-state index in [9.17, 15) is 23.9 Å². The molecule has 1 aliphatic rings. The molecule has 0 spiro atoms. The highest BCUT2D eigenvalue weighted by atomic mass is 19.1. The maximum absolute atomic E-state index is 13.7. The summed E-state index contributed by atoms with van der Waals surface area (Å²) in [5, 5.41) is 17.7. The van der Waals surface area contributed by atoms with Crippen molar-refractivity contribution in [2.45, 2.75) is 38.7 Å². The number of aromatic nitrogens is 3. The van der Waals surface area contributed by atoms with E-state index in [1.807, 2.05) is 13.0 Å². The van der Waals surface area contributed by atoms with E-state index in [-0.39, 0.29) is 41.7 Å². The Kier molecular flexibility index (Phi) is 7.72. The minimum atomic E-state index is -1.75. The third kappa shape index (κ3) is 5.88. The van der Waals surface area contributed by atoms with Gasteiger partial charge in [0, 0.05) is 28.3 Å². The number of nitrogens with zero attached hydrogens (tertiary/aromatic N) is 3. The van der Waals surface area contributed by atoms with Crippen LogP contribution in [0.5, 0.6) is 5.75 Å². The number of anilines is 1. The summed E-state index contributed by atoms with van der Waals surface area (Å²) in [5.74, 6) is -1.63. The van der Waals surface area contributed by atoms with Crippen LogP contribution in [0.15, 0.2) is 65.3 Å². The molecular formula is C34H31FN6O6. The van der Waals surface area contributed by atoms with E-state index < -0.39 is 34.6 Å². The Morgan fingerprint density at radius 2 is 1.81 bits per heavy atom. The summed E-state index contributed by atoms with van der Waals surface area (Å²) >= 11 is 0. The first-order valence-corrected chi connectivity index (χ1v) is 14.6. The number of carbonyl (C=O) groups excluding carboxylic acids is 3. The van der Waals surface area contributed by atoms with Crippen molar-refractivity contribution in [1.29, 1.82) is 0 Å². The summed E-state index contributed by atoms with van der Waals surface area (Å²) in [6.07, 6.45) is 3.06. The summed E-state index contributed by atoms with van der Waals surface area (Å²) in [7, 11) is 0. The normalized spacial score (nSPS) is 16.6. The zero-order valence-electron chi connectivity index (χ0n) is 26.0. The number of hydrogen-bond acceptors (Lipinski definition) is 9. The maximum Gasteiger partial charge on any atom is 0.311 e. The second kappa shape index (κ2) is 11.6. The lowest BCUT2D eigenvalue weighted by molar-refractivity contribution is -0.123. The third-order valence-corrected chi connectivity index (χ3v) is 8.12. The van der Waals surface area contributed by atoms with Crippen molar-refractivity contribution in [3.8, 4) is 17.0 Å². The number of fused-ring (bicyclic) bond motifs is 2. The van der Waals surface area contributed by atoms with Gasteiger partial charge in [-0.15, -0.1) is 0 Å². The number of amides is 3. The number of aryl methyl sites for hydroxylation is 2. The molecule has 240 valence electrons. The minimum Gasteiger partial charge on any atom is -0.489 e. The maximum atomic E-state index is 13.7. The van der Waals surface area contributed by atoms with Gasteiger partial charge < -0.3 is 30.6 Å². The molecule has 0 saturated heterocycles. The molecule has 13 heteroatoms. The smallest absolute Gasteiger partial charge is 0.311 e. The van der Waals surface area contributed by atoms with E-state index in [4.69, 9.17) is 14.9 Å². The Hall–Kier alpha value is -5.69. The topological polar surface area (TPSA) is 183 Å². The van der Waals surface area contributed by atoms with Gasteiger partial charge in [0.1, 0.15) is 40.6 Å². The lowest BCUT2D eigenvalue weighted by atomic mass is 9.82. The monoisotopic (exact) mass is 638 g/mol. The van der Waals surface area contributed by atoms with Gasteiger partial charge in [-0.3, -0.25) is 19.4 Å². The second-order valence-electron chi connectivity index (χ2n) is 12.0. The van der Waals surface area contributed by atoms with Crippen LogP contribution in [0.3, 0.4) is 0 Å². The molecule has 2 atom stereocenters. The fraction of sp³-hybridized carbons (Fsp3) is 0.235. The van der Waals surface area contributed by atoms with Crippen LogP contribution in [-0.4, -0.2) is 50.9 Å².